The minimum Gasteiger partial charge on any atom is -0.377 e. The van der Waals surface area contributed by atoms with E-state index in [1.165, 1.54) is 0 Å². The highest BCUT2D eigenvalue weighted by Gasteiger charge is 2.29. The van der Waals surface area contributed by atoms with Gasteiger partial charge in [-0.1, -0.05) is 13.8 Å². The Morgan fingerprint density at radius 2 is 1.84 bits per heavy atom. The highest BCUT2D eigenvalue weighted by molar-refractivity contribution is 5.94. The van der Waals surface area contributed by atoms with Crippen LogP contribution < -0.4 is 10.2 Å². The van der Waals surface area contributed by atoms with Crippen LogP contribution in [0.15, 0.2) is 18.2 Å². The fourth-order valence-corrected chi connectivity index (χ4v) is 2.90. The molecule has 1 aromatic carbocycles. The van der Waals surface area contributed by atoms with Gasteiger partial charge in [0.05, 0.1) is 0 Å². The Hall–Kier alpha value is -2.04. The van der Waals surface area contributed by atoms with Crippen LogP contribution in [0, 0.1) is 11.8 Å². The Morgan fingerprint density at radius 1 is 1.20 bits per heavy atom. The van der Waals surface area contributed by atoms with E-state index < -0.39 is 0 Å². The summed E-state index contributed by atoms with van der Waals surface area (Å²) in [5.74, 6) is 0.719. The number of nitrogens with one attached hydrogen (secondary N) is 1. The molecule has 0 radical (unpaired) electrons. The first-order valence-electron chi connectivity index (χ1n) is 9.09. The zero-order chi connectivity index (χ0) is 18.7. The largest absolute Gasteiger partial charge is 0.377 e. The van der Waals surface area contributed by atoms with Crippen LogP contribution in [0.1, 0.15) is 46.1 Å². The van der Waals surface area contributed by atoms with Gasteiger partial charge >= 0.3 is 0 Å². The molecular weight excluding hydrogens is 314 g/mol. The molecule has 5 nitrogen and oxygen atoms in total. The first-order valence-corrected chi connectivity index (χ1v) is 9.09. The topological polar surface area (TPSA) is 52.7 Å². The van der Waals surface area contributed by atoms with Crippen molar-refractivity contribution in [2.45, 2.75) is 53.1 Å². The second kappa shape index (κ2) is 7.89. The predicted octanol–water partition coefficient (Wildman–Crippen LogP) is 3.49. The molecule has 0 aliphatic heterocycles. The van der Waals surface area contributed by atoms with Crippen LogP contribution in [0.25, 0.3) is 0 Å². The summed E-state index contributed by atoms with van der Waals surface area (Å²) in [4.78, 5) is 28.2. The molecule has 1 fully saturated rings. The number of carbonyl (C=O) groups excluding carboxylic acids is 2. The molecule has 0 bridgehead atoms. The van der Waals surface area contributed by atoms with Gasteiger partial charge in [-0.2, -0.15) is 0 Å². The Morgan fingerprint density at radius 3 is 2.32 bits per heavy atom. The molecule has 1 N–H and O–H groups in total. The number of anilines is 2. The lowest BCUT2D eigenvalue weighted by molar-refractivity contribution is -0.132. The van der Waals surface area contributed by atoms with E-state index >= 15 is 0 Å². The molecular formula is C20H31N3O2. The van der Waals surface area contributed by atoms with Crippen LogP contribution in [-0.4, -0.2) is 36.9 Å². The van der Waals surface area contributed by atoms with Crippen LogP contribution in [-0.2, 0) is 16.1 Å². The van der Waals surface area contributed by atoms with Gasteiger partial charge in [-0.25, -0.2) is 0 Å². The van der Waals surface area contributed by atoms with Gasteiger partial charge in [0.1, 0.15) is 0 Å². The molecule has 0 saturated heterocycles. The van der Waals surface area contributed by atoms with E-state index in [2.05, 4.69) is 26.1 Å². The lowest BCUT2D eigenvalue weighted by Gasteiger charge is -2.32. The first-order chi connectivity index (χ1) is 11.7. The maximum absolute atomic E-state index is 12.2. The van der Waals surface area contributed by atoms with Crippen molar-refractivity contribution in [3.8, 4) is 0 Å². The quantitative estimate of drug-likeness (QED) is 0.823. The van der Waals surface area contributed by atoms with E-state index in [4.69, 9.17) is 0 Å². The zero-order valence-electron chi connectivity index (χ0n) is 16.3. The molecule has 0 unspecified atom stereocenters. The highest BCUT2D eigenvalue weighted by Crippen LogP contribution is 2.31. The summed E-state index contributed by atoms with van der Waals surface area (Å²) < 4.78 is 0. The fraction of sp³-hybridized carbons (Fsp3) is 0.600. The van der Waals surface area contributed by atoms with Gasteiger partial charge in [0, 0.05) is 50.9 Å². The Labute approximate surface area is 151 Å². The molecule has 1 atom stereocenters. The van der Waals surface area contributed by atoms with Crippen LogP contribution >= 0.6 is 0 Å². The summed E-state index contributed by atoms with van der Waals surface area (Å²) >= 11 is 0. The molecule has 0 heterocycles. The van der Waals surface area contributed by atoms with Gasteiger partial charge in [0.25, 0.3) is 0 Å². The Balaban J connectivity index is 2.28. The van der Waals surface area contributed by atoms with Crippen molar-refractivity contribution in [2.75, 3.05) is 24.3 Å². The monoisotopic (exact) mass is 345 g/mol. The van der Waals surface area contributed by atoms with E-state index in [1.807, 2.05) is 42.1 Å². The zero-order valence-corrected chi connectivity index (χ0v) is 16.3. The van der Waals surface area contributed by atoms with E-state index in [9.17, 15) is 9.59 Å². The number of nitrogens with zero attached hydrogens (tertiary/aromatic N) is 2. The second-order valence-electron chi connectivity index (χ2n) is 7.63. The lowest BCUT2D eigenvalue weighted by atomic mass is 10.0. The SMILES string of the molecule is CC(=O)N(Cc1cc(NC(=O)C2CC2)ccc1N(C)C)[C@H](C)C(C)C. The third-order valence-electron chi connectivity index (χ3n) is 4.98. The average molecular weight is 345 g/mol. The summed E-state index contributed by atoms with van der Waals surface area (Å²) in [6, 6.07) is 6.09. The molecule has 2 amide bonds. The maximum Gasteiger partial charge on any atom is 0.227 e. The number of rotatable bonds is 7. The number of hydrogen-bond acceptors (Lipinski definition) is 3. The lowest BCUT2D eigenvalue weighted by Crippen LogP contribution is -2.39. The molecule has 1 aliphatic rings. The normalized spacial score (nSPS) is 15.0. The van der Waals surface area contributed by atoms with Crippen molar-refractivity contribution in [3.05, 3.63) is 23.8 Å². The third kappa shape index (κ3) is 4.97. The summed E-state index contributed by atoms with van der Waals surface area (Å²) in [6.07, 6.45) is 1.97. The second-order valence-corrected chi connectivity index (χ2v) is 7.63. The number of carbonyl (C=O) groups is 2. The Kier molecular flexibility index (Phi) is 6.09. The van der Waals surface area contributed by atoms with E-state index in [-0.39, 0.29) is 23.8 Å². The van der Waals surface area contributed by atoms with Crippen molar-refractivity contribution in [3.63, 3.8) is 0 Å². The molecule has 138 valence electrons. The van der Waals surface area contributed by atoms with Crippen molar-refractivity contribution in [1.29, 1.82) is 0 Å². The average Bonchev–Trinajstić information content (AvgIpc) is 3.36. The van der Waals surface area contributed by atoms with Crippen molar-refractivity contribution < 1.29 is 9.59 Å². The van der Waals surface area contributed by atoms with E-state index in [0.717, 1.165) is 29.8 Å². The minimum atomic E-state index is 0.0679. The summed E-state index contributed by atoms with van der Waals surface area (Å²) in [6.45, 7) is 8.49. The van der Waals surface area contributed by atoms with Crippen LogP contribution in [0.3, 0.4) is 0 Å². The first kappa shape index (κ1) is 19.3. The summed E-state index contributed by atoms with van der Waals surface area (Å²) in [5, 5.41) is 3.00. The van der Waals surface area contributed by atoms with Crippen molar-refractivity contribution in [1.82, 2.24) is 4.90 Å². The number of hydrogen-bond donors (Lipinski definition) is 1. The van der Waals surface area contributed by atoms with Gasteiger partial charge in [-0.05, 0) is 49.4 Å². The van der Waals surface area contributed by atoms with Gasteiger partial charge < -0.3 is 15.1 Å². The third-order valence-corrected chi connectivity index (χ3v) is 4.98. The minimum absolute atomic E-state index is 0.0679. The number of amides is 2. The van der Waals surface area contributed by atoms with Crippen LogP contribution in [0.4, 0.5) is 11.4 Å². The van der Waals surface area contributed by atoms with Crippen molar-refractivity contribution in [2.24, 2.45) is 11.8 Å². The molecule has 1 aliphatic carbocycles. The molecule has 1 saturated carbocycles. The molecule has 2 rings (SSSR count). The molecule has 1 aromatic rings. The maximum atomic E-state index is 12.2. The summed E-state index contributed by atoms with van der Waals surface area (Å²) in [5.41, 5.74) is 2.91. The highest BCUT2D eigenvalue weighted by atomic mass is 16.2. The molecule has 5 heteroatoms. The van der Waals surface area contributed by atoms with Gasteiger partial charge in [0.15, 0.2) is 0 Å². The van der Waals surface area contributed by atoms with Crippen LogP contribution in [0.2, 0.25) is 0 Å². The van der Waals surface area contributed by atoms with Crippen LogP contribution in [0.5, 0.6) is 0 Å². The van der Waals surface area contributed by atoms with E-state index in [0.29, 0.717) is 12.5 Å². The van der Waals surface area contributed by atoms with Gasteiger partial charge in [-0.15, -0.1) is 0 Å². The standard InChI is InChI=1S/C20H31N3O2/c1-13(2)14(3)23(15(4)24)12-17-11-18(9-10-19(17)22(5)6)21-20(25)16-7-8-16/h9-11,13-14,16H,7-8,12H2,1-6H3,(H,21,25)/t14-/m1/s1. The molecule has 0 aromatic heterocycles. The summed E-state index contributed by atoms with van der Waals surface area (Å²) in [7, 11) is 3.98. The fourth-order valence-electron chi connectivity index (χ4n) is 2.90. The number of benzene rings is 1. The smallest absolute Gasteiger partial charge is 0.227 e. The van der Waals surface area contributed by atoms with Gasteiger partial charge in [0.2, 0.25) is 11.8 Å². The van der Waals surface area contributed by atoms with E-state index in [1.54, 1.807) is 6.92 Å². The molecule has 25 heavy (non-hydrogen) atoms. The predicted molar refractivity (Wildman–Crippen MR) is 103 cm³/mol. The molecule has 0 spiro atoms. The van der Waals surface area contributed by atoms with Gasteiger partial charge in [-0.3, -0.25) is 9.59 Å². The Bertz CT molecular complexity index is 636. The van der Waals surface area contributed by atoms with Crippen molar-refractivity contribution >= 4 is 23.2 Å².